The standard InChI is InChI=1S/C16H27NS/c1-4-17-16(10-9-14-7-5-6-8-14)15-11-12(2)18-13(15)3/h11,14,16-17H,4-10H2,1-3H3. The maximum absolute atomic E-state index is 3.68. The predicted octanol–water partition coefficient (Wildman–Crippen LogP) is 4.99. The van der Waals surface area contributed by atoms with E-state index in [0.29, 0.717) is 6.04 Å². The van der Waals surface area contributed by atoms with Crippen LogP contribution in [0, 0.1) is 19.8 Å². The van der Waals surface area contributed by atoms with Crippen LogP contribution in [-0.4, -0.2) is 6.54 Å². The summed E-state index contributed by atoms with van der Waals surface area (Å²) in [6.45, 7) is 7.79. The van der Waals surface area contributed by atoms with E-state index in [1.165, 1.54) is 48.3 Å². The molecule has 0 amide bonds. The van der Waals surface area contributed by atoms with Crippen LogP contribution >= 0.6 is 11.3 Å². The number of thiophene rings is 1. The van der Waals surface area contributed by atoms with Crippen molar-refractivity contribution in [3.05, 3.63) is 21.4 Å². The van der Waals surface area contributed by atoms with Crippen LogP contribution in [0.2, 0.25) is 0 Å². The Balaban J connectivity index is 1.96. The Morgan fingerprint density at radius 1 is 1.33 bits per heavy atom. The van der Waals surface area contributed by atoms with Crippen LogP contribution in [0.1, 0.15) is 66.8 Å². The lowest BCUT2D eigenvalue weighted by Crippen LogP contribution is -2.21. The van der Waals surface area contributed by atoms with Crippen molar-refractivity contribution in [3.8, 4) is 0 Å². The fourth-order valence-electron chi connectivity index (χ4n) is 3.31. The molecule has 1 heterocycles. The minimum absolute atomic E-state index is 0.584. The molecule has 1 nitrogen and oxygen atoms in total. The summed E-state index contributed by atoms with van der Waals surface area (Å²) in [7, 11) is 0. The van der Waals surface area contributed by atoms with Crippen LogP contribution in [-0.2, 0) is 0 Å². The third-order valence-corrected chi connectivity index (χ3v) is 5.23. The van der Waals surface area contributed by atoms with Crippen LogP contribution in [0.15, 0.2) is 6.07 Å². The van der Waals surface area contributed by atoms with E-state index in [2.05, 4.69) is 32.2 Å². The molecule has 1 aliphatic carbocycles. The van der Waals surface area contributed by atoms with Crippen molar-refractivity contribution < 1.29 is 0 Å². The van der Waals surface area contributed by atoms with Gasteiger partial charge in [-0.15, -0.1) is 11.3 Å². The monoisotopic (exact) mass is 265 g/mol. The van der Waals surface area contributed by atoms with E-state index < -0.39 is 0 Å². The molecule has 1 aromatic rings. The second kappa shape index (κ2) is 6.72. The van der Waals surface area contributed by atoms with Crippen molar-refractivity contribution in [2.24, 2.45) is 5.92 Å². The van der Waals surface area contributed by atoms with E-state index in [9.17, 15) is 0 Å². The van der Waals surface area contributed by atoms with Gasteiger partial charge in [-0.2, -0.15) is 0 Å². The topological polar surface area (TPSA) is 12.0 Å². The highest BCUT2D eigenvalue weighted by Crippen LogP contribution is 2.34. The molecular weight excluding hydrogens is 238 g/mol. The molecule has 102 valence electrons. The van der Waals surface area contributed by atoms with Crippen molar-refractivity contribution in [2.75, 3.05) is 6.54 Å². The normalized spacial score (nSPS) is 18.4. The summed E-state index contributed by atoms with van der Waals surface area (Å²) in [6.07, 6.45) is 8.60. The number of hydrogen-bond acceptors (Lipinski definition) is 2. The van der Waals surface area contributed by atoms with Gasteiger partial charge in [-0.05, 0) is 50.8 Å². The first-order valence-electron chi connectivity index (χ1n) is 7.51. The predicted molar refractivity (Wildman–Crippen MR) is 81.4 cm³/mol. The summed E-state index contributed by atoms with van der Waals surface area (Å²) < 4.78 is 0. The first kappa shape index (κ1) is 14.1. The quantitative estimate of drug-likeness (QED) is 0.764. The molecule has 1 atom stereocenters. The van der Waals surface area contributed by atoms with Gasteiger partial charge in [0.1, 0.15) is 0 Å². The lowest BCUT2D eigenvalue weighted by Gasteiger charge is -2.20. The number of aryl methyl sites for hydroxylation is 2. The van der Waals surface area contributed by atoms with Gasteiger partial charge in [0.25, 0.3) is 0 Å². The van der Waals surface area contributed by atoms with Gasteiger partial charge in [0.2, 0.25) is 0 Å². The van der Waals surface area contributed by atoms with Crippen LogP contribution in [0.5, 0.6) is 0 Å². The fraction of sp³-hybridized carbons (Fsp3) is 0.750. The lowest BCUT2D eigenvalue weighted by atomic mass is 9.95. The molecule has 2 rings (SSSR count). The van der Waals surface area contributed by atoms with E-state index in [-0.39, 0.29) is 0 Å². The van der Waals surface area contributed by atoms with Gasteiger partial charge < -0.3 is 5.32 Å². The highest BCUT2D eigenvalue weighted by Gasteiger charge is 2.19. The molecule has 1 saturated carbocycles. The van der Waals surface area contributed by atoms with Crippen LogP contribution in [0.3, 0.4) is 0 Å². The Bertz CT molecular complexity index is 363. The average molecular weight is 265 g/mol. The van der Waals surface area contributed by atoms with Gasteiger partial charge in [0.05, 0.1) is 0 Å². The Hall–Kier alpha value is -0.340. The SMILES string of the molecule is CCNC(CCC1CCCC1)c1cc(C)sc1C. The van der Waals surface area contributed by atoms with E-state index in [4.69, 9.17) is 0 Å². The number of hydrogen-bond donors (Lipinski definition) is 1. The molecule has 2 heteroatoms. The second-order valence-electron chi connectivity index (χ2n) is 5.71. The summed E-state index contributed by atoms with van der Waals surface area (Å²) in [4.78, 5) is 2.95. The van der Waals surface area contributed by atoms with Crippen LogP contribution in [0.4, 0.5) is 0 Å². The van der Waals surface area contributed by atoms with Gasteiger partial charge in [0, 0.05) is 15.8 Å². The number of nitrogens with one attached hydrogen (secondary N) is 1. The molecule has 1 N–H and O–H groups in total. The molecule has 0 aliphatic heterocycles. The van der Waals surface area contributed by atoms with E-state index in [0.717, 1.165) is 12.5 Å². The maximum Gasteiger partial charge on any atom is 0.0331 e. The minimum Gasteiger partial charge on any atom is -0.310 e. The zero-order valence-corrected chi connectivity index (χ0v) is 12.9. The highest BCUT2D eigenvalue weighted by molar-refractivity contribution is 7.12. The minimum atomic E-state index is 0.584. The van der Waals surface area contributed by atoms with E-state index in [1.807, 2.05) is 11.3 Å². The molecule has 1 aliphatic rings. The first-order valence-corrected chi connectivity index (χ1v) is 8.32. The zero-order valence-electron chi connectivity index (χ0n) is 12.1. The summed E-state index contributed by atoms with van der Waals surface area (Å²) in [6, 6.07) is 2.97. The van der Waals surface area contributed by atoms with Crippen molar-refractivity contribution >= 4 is 11.3 Å². The highest BCUT2D eigenvalue weighted by atomic mass is 32.1. The molecular formula is C16H27NS. The van der Waals surface area contributed by atoms with Crippen molar-refractivity contribution in [2.45, 2.75) is 65.3 Å². The molecule has 0 radical (unpaired) electrons. The van der Waals surface area contributed by atoms with Crippen molar-refractivity contribution in [1.29, 1.82) is 0 Å². The van der Waals surface area contributed by atoms with Crippen molar-refractivity contribution in [3.63, 3.8) is 0 Å². The van der Waals surface area contributed by atoms with Gasteiger partial charge in [-0.1, -0.05) is 32.6 Å². The fourth-order valence-corrected chi connectivity index (χ4v) is 4.30. The molecule has 0 aromatic carbocycles. The van der Waals surface area contributed by atoms with Crippen LogP contribution in [0.25, 0.3) is 0 Å². The van der Waals surface area contributed by atoms with Gasteiger partial charge >= 0.3 is 0 Å². The Labute approximate surface area is 116 Å². The smallest absolute Gasteiger partial charge is 0.0331 e. The third kappa shape index (κ3) is 3.58. The van der Waals surface area contributed by atoms with E-state index >= 15 is 0 Å². The lowest BCUT2D eigenvalue weighted by molar-refractivity contribution is 0.416. The largest absolute Gasteiger partial charge is 0.310 e. The Kier molecular flexibility index (Phi) is 5.25. The summed E-state index contributed by atoms with van der Waals surface area (Å²) in [5.41, 5.74) is 1.55. The van der Waals surface area contributed by atoms with Crippen molar-refractivity contribution in [1.82, 2.24) is 5.32 Å². The van der Waals surface area contributed by atoms with E-state index in [1.54, 1.807) is 5.56 Å². The third-order valence-electron chi connectivity index (χ3n) is 4.24. The summed E-state index contributed by atoms with van der Waals surface area (Å²) in [5, 5.41) is 3.68. The second-order valence-corrected chi connectivity index (χ2v) is 7.17. The number of rotatable bonds is 6. The van der Waals surface area contributed by atoms with Gasteiger partial charge in [-0.3, -0.25) is 0 Å². The molecule has 1 aromatic heterocycles. The average Bonchev–Trinajstić information content (AvgIpc) is 2.94. The van der Waals surface area contributed by atoms with Crippen LogP contribution < -0.4 is 5.32 Å². The molecule has 0 spiro atoms. The Morgan fingerprint density at radius 2 is 2.06 bits per heavy atom. The van der Waals surface area contributed by atoms with Gasteiger partial charge in [-0.25, -0.2) is 0 Å². The molecule has 1 unspecified atom stereocenters. The first-order chi connectivity index (χ1) is 8.70. The molecule has 0 saturated heterocycles. The Morgan fingerprint density at radius 3 is 2.61 bits per heavy atom. The molecule has 0 bridgehead atoms. The summed E-state index contributed by atoms with van der Waals surface area (Å²) >= 11 is 1.94. The molecule has 1 fully saturated rings. The maximum atomic E-state index is 3.68. The van der Waals surface area contributed by atoms with Gasteiger partial charge in [0.15, 0.2) is 0 Å². The molecule has 18 heavy (non-hydrogen) atoms. The summed E-state index contributed by atoms with van der Waals surface area (Å²) in [5.74, 6) is 1.01. The zero-order chi connectivity index (χ0) is 13.0.